The second kappa shape index (κ2) is 8.08. The van der Waals surface area contributed by atoms with E-state index in [1.54, 1.807) is 0 Å². The van der Waals surface area contributed by atoms with Gasteiger partial charge in [-0.3, -0.25) is 4.79 Å². The van der Waals surface area contributed by atoms with Crippen LogP contribution in [0.1, 0.15) is 66.6 Å². The molecule has 5 heteroatoms. The second-order valence-electron chi connectivity index (χ2n) is 8.12. The van der Waals surface area contributed by atoms with Crippen LogP contribution in [0, 0.1) is 12.8 Å². The van der Waals surface area contributed by atoms with Crippen molar-refractivity contribution >= 4 is 28.9 Å². The van der Waals surface area contributed by atoms with Crippen LogP contribution in [0.25, 0.3) is 11.1 Å². The number of anilines is 1. The largest absolute Gasteiger partial charge is 0.477 e. The zero-order valence-corrected chi connectivity index (χ0v) is 17.1. The van der Waals surface area contributed by atoms with E-state index in [-0.39, 0.29) is 16.8 Å². The number of benzene rings is 1. The molecule has 0 radical (unpaired) electrons. The van der Waals surface area contributed by atoms with Crippen LogP contribution in [0.2, 0.25) is 0 Å². The predicted molar refractivity (Wildman–Crippen MR) is 113 cm³/mol. The molecule has 4 rings (SSSR count). The fourth-order valence-electron chi connectivity index (χ4n) is 4.83. The summed E-state index contributed by atoms with van der Waals surface area (Å²) in [6, 6.07) is 8.24. The van der Waals surface area contributed by atoms with Gasteiger partial charge in [-0.2, -0.15) is 0 Å². The molecule has 2 aliphatic rings. The minimum atomic E-state index is -0.945. The van der Waals surface area contributed by atoms with Crippen LogP contribution in [-0.4, -0.2) is 23.0 Å². The van der Waals surface area contributed by atoms with Gasteiger partial charge in [0.15, 0.2) is 0 Å². The summed E-state index contributed by atoms with van der Waals surface area (Å²) in [4.78, 5) is 27.3. The first-order valence-electron chi connectivity index (χ1n) is 10.3. The van der Waals surface area contributed by atoms with Gasteiger partial charge < -0.3 is 10.0 Å². The van der Waals surface area contributed by atoms with Gasteiger partial charge in [0.1, 0.15) is 4.88 Å². The number of carbonyl (C=O) groups excluding carboxylic acids is 1. The van der Waals surface area contributed by atoms with Crippen LogP contribution >= 0.6 is 11.3 Å². The number of hydrogen-bond donors (Lipinski definition) is 1. The lowest BCUT2D eigenvalue weighted by Crippen LogP contribution is -2.48. The van der Waals surface area contributed by atoms with Crippen LogP contribution in [0.4, 0.5) is 5.69 Å². The minimum Gasteiger partial charge on any atom is -0.477 e. The van der Waals surface area contributed by atoms with Crippen molar-refractivity contribution < 1.29 is 14.7 Å². The molecule has 2 heterocycles. The molecule has 1 saturated carbocycles. The zero-order chi connectivity index (χ0) is 19.7. The van der Waals surface area contributed by atoms with Gasteiger partial charge in [0.05, 0.1) is 5.69 Å². The van der Waals surface area contributed by atoms with Crippen LogP contribution < -0.4 is 4.90 Å². The quantitative estimate of drug-likeness (QED) is 0.700. The average molecular weight is 398 g/mol. The van der Waals surface area contributed by atoms with Crippen molar-refractivity contribution in [2.45, 2.75) is 64.3 Å². The van der Waals surface area contributed by atoms with Gasteiger partial charge in [-0.15, -0.1) is 11.3 Å². The molecular weight excluding hydrogens is 370 g/mol. The van der Waals surface area contributed by atoms with Gasteiger partial charge in [-0.1, -0.05) is 49.1 Å². The number of hydrogen-bond acceptors (Lipinski definition) is 3. The van der Waals surface area contributed by atoms with E-state index in [0.29, 0.717) is 18.0 Å². The highest BCUT2D eigenvalue weighted by Crippen LogP contribution is 2.44. The van der Waals surface area contributed by atoms with Gasteiger partial charge >= 0.3 is 5.97 Å². The van der Waals surface area contributed by atoms with Gasteiger partial charge in [0.25, 0.3) is 0 Å². The van der Waals surface area contributed by atoms with Crippen molar-refractivity contribution in [1.29, 1.82) is 0 Å². The molecule has 1 aromatic heterocycles. The van der Waals surface area contributed by atoms with Crippen LogP contribution in [0.3, 0.4) is 0 Å². The Hall–Kier alpha value is -2.14. The fraction of sp³-hybridized carbons (Fsp3) is 0.478. The van der Waals surface area contributed by atoms with E-state index in [1.165, 1.54) is 30.6 Å². The molecule has 2 aromatic rings. The summed E-state index contributed by atoms with van der Waals surface area (Å²) in [6.07, 6.45) is 8.35. The molecular formula is C23H27NO3S. The van der Waals surface area contributed by atoms with E-state index in [4.69, 9.17) is 0 Å². The normalized spacial score (nSPS) is 21.1. The number of thiophene rings is 1. The Morgan fingerprint density at radius 3 is 2.46 bits per heavy atom. The number of carboxylic acids is 1. The summed E-state index contributed by atoms with van der Waals surface area (Å²) in [6.45, 7) is 2.04. The van der Waals surface area contributed by atoms with E-state index in [0.717, 1.165) is 42.4 Å². The lowest BCUT2D eigenvalue weighted by molar-refractivity contribution is -0.120. The standard InChI is InChI=1S/C23H27NO3S/c1-15-10-12-16(13-11-15)18-14-28-22(23(26)27)21(18)24-19(8-5-9-20(24)25)17-6-3-2-4-7-17/h10-14,17,19H,2-9H2,1H3,(H,26,27). The summed E-state index contributed by atoms with van der Waals surface area (Å²) >= 11 is 1.23. The Kier molecular flexibility index (Phi) is 5.54. The summed E-state index contributed by atoms with van der Waals surface area (Å²) in [5, 5.41) is 11.8. The zero-order valence-electron chi connectivity index (χ0n) is 16.3. The molecule has 1 aliphatic heterocycles. The molecule has 0 spiro atoms. The van der Waals surface area contributed by atoms with Gasteiger partial charge in [0.2, 0.25) is 5.91 Å². The van der Waals surface area contributed by atoms with Crippen molar-refractivity contribution in [3.8, 4) is 11.1 Å². The van der Waals surface area contributed by atoms with Crippen molar-refractivity contribution in [2.75, 3.05) is 4.90 Å². The number of nitrogens with zero attached hydrogens (tertiary/aromatic N) is 1. The van der Waals surface area contributed by atoms with Crippen LogP contribution in [-0.2, 0) is 4.79 Å². The lowest BCUT2D eigenvalue weighted by Gasteiger charge is -2.42. The van der Waals surface area contributed by atoms with E-state index in [9.17, 15) is 14.7 Å². The smallest absolute Gasteiger partial charge is 0.348 e. The summed E-state index contributed by atoms with van der Waals surface area (Å²) in [7, 11) is 0. The molecule has 1 N–H and O–H groups in total. The molecule has 1 unspecified atom stereocenters. The number of rotatable bonds is 4. The maximum Gasteiger partial charge on any atom is 0.348 e. The number of aryl methyl sites for hydroxylation is 1. The summed E-state index contributed by atoms with van der Waals surface area (Å²) < 4.78 is 0. The highest BCUT2D eigenvalue weighted by Gasteiger charge is 2.39. The molecule has 28 heavy (non-hydrogen) atoms. The molecule has 4 nitrogen and oxygen atoms in total. The number of carboxylic acid groups (broad SMARTS) is 1. The van der Waals surface area contributed by atoms with Gasteiger partial charge in [-0.05, 0) is 44.1 Å². The summed E-state index contributed by atoms with van der Waals surface area (Å²) in [5.74, 6) is -0.388. The van der Waals surface area contributed by atoms with Crippen molar-refractivity contribution in [3.05, 3.63) is 40.1 Å². The Labute approximate surface area is 170 Å². The van der Waals surface area contributed by atoms with Gasteiger partial charge in [-0.25, -0.2) is 4.79 Å². The highest BCUT2D eigenvalue weighted by atomic mass is 32.1. The monoisotopic (exact) mass is 397 g/mol. The molecule has 1 atom stereocenters. The van der Waals surface area contributed by atoms with E-state index >= 15 is 0 Å². The third-order valence-electron chi connectivity index (χ3n) is 6.25. The molecule has 0 bridgehead atoms. The lowest BCUT2D eigenvalue weighted by atomic mass is 9.79. The SMILES string of the molecule is Cc1ccc(-c2csc(C(=O)O)c2N2C(=O)CCCC2C2CCCCC2)cc1. The average Bonchev–Trinajstić information content (AvgIpc) is 3.14. The first-order valence-corrected chi connectivity index (χ1v) is 11.2. The minimum absolute atomic E-state index is 0.0797. The molecule has 1 saturated heterocycles. The number of aromatic carboxylic acids is 1. The maximum atomic E-state index is 13.1. The van der Waals surface area contributed by atoms with E-state index in [2.05, 4.69) is 0 Å². The highest BCUT2D eigenvalue weighted by molar-refractivity contribution is 7.13. The fourth-order valence-corrected chi connectivity index (χ4v) is 5.74. The maximum absolute atomic E-state index is 13.1. The molecule has 1 aliphatic carbocycles. The van der Waals surface area contributed by atoms with Crippen molar-refractivity contribution in [2.24, 2.45) is 5.92 Å². The number of carbonyl (C=O) groups is 2. The first-order chi connectivity index (χ1) is 13.6. The van der Waals surface area contributed by atoms with Crippen molar-refractivity contribution in [1.82, 2.24) is 0 Å². The van der Waals surface area contributed by atoms with Gasteiger partial charge in [0, 0.05) is 23.4 Å². The Morgan fingerprint density at radius 2 is 1.79 bits per heavy atom. The number of piperidine rings is 1. The van der Waals surface area contributed by atoms with E-state index in [1.807, 2.05) is 41.5 Å². The third-order valence-corrected chi connectivity index (χ3v) is 7.20. The Bertz CT molecular complexity index is 864. The Balaban J connectivity index is 1.82. The molecule has 1 amide bonds. The topological polar surface area (TPSA) is 57.6 Å². The first kappa shape index (κ1) is 19.2. The Morgan fingerprint density at radius 1 is 1.07 bits per heavy atom. The predicted octanol–water partition coefficient (Wildman–Crippen LogP) is 5.89. The summed E-state index contributed by atoms with van der Waals surface area (Å²) in [5.41, 5.74) is 3.64. The number of amides is 1. The third kappa shape index (κ3) is 3.60. The van der Waals surface area contributed by atoms with Crippen molar-refractivity contribution in [3.63, 3.8) is 0 Å². The second-order valence-corrected chi connectivity index (χ2v) is 9.00. The van der Waals surface area contributed by atoms with Crippen LogP contribution in [0.15, 0.2) is 29.6 Å². The molecule has 2 fully saturated rings. The van der Waals surface area contributed by atoms with Crippen LogP contribution in [0.5, 0.6) is 0 Å². The molecule has 148 valence electrons. The molecule has 1 aromatic carbocycles. The van der Waals surface area contributed by atoms with E-state index < -0.39 is 5.97 Å².